The summed E-state index contributed by atoms with van der Waals surface area (Å²) in [5.41, 5.74) is 0.653. The number of fused-ring (bicyclic) bond motifs is 1. The van der Waals surface area contributed by atoms with Crippen molar-refractivity contribution in [1.82, 2.24) is 14.6 Å². The molecule has 0 aliphatic rings. The Balaban J connectivity index is 2.03. The van der Waals surface area contributed by atoms with Crippen molar-refractivity contribution in [2.24, 2.45) is 0 Å². The van der Waals surface area contributed by atoms with Crippen LogP contribution in [-0.4, -0.2) is 28.8 Å². The third kappa shape index (κ3) is 3.18. The number of benzene rings is 1. The number of halogens is 3. The summed E-state index contributed by atoms with van der Waals surface area (Å²) in [6.07, 6.45) is -3.25. The van der Waals surface area contributed by atoms with E-state index in [9.17, 15) is 13.2 Å². The highest BCUT2D eigenvalue weighted by Crippen LogP contribution is 2.38. The van der Waals surface area contributed by atoms with E-state index in [0.29, 0.717) is 28.3 Å². The quantitative estimate of drug-likeness (QED) is 0.480. The number of methoxy groups -OCH3 is 2. The maximum Gasteiger partial charge on any atom is 0.433 e. The lowest BCUT2D eigenvalue weighted by atomic mass is 10.1. The van der Waals surface area contributed by atoms with Crippen LogP contribution in [0.3, 0.4) is 0 Å². The molecule has 0 spiro atoms. The number of ether oxygens (including phenoxy) is 2. The van der Waals surface area contributed by atoms with Crippen LogP contribution in [0.1, 0.15) is 11.4 Å². The Morgan fingerprint density at radius 2 is 1.79 bits per heavy atom. The topological polar surface area (TPSA) is 61.8 Å². The van der Waals surface area contributed by atoms with Crippen LogP contribution in [-0.2, 0) is 6.18 Å². The van der Waals surface area contributed by atoms with E-state index < -0.39 is 11.9 Å². The number of hydrogen-bond donors (Lipinski definition) is 0. The van der Waals surface area contributed by atoms with Crippen LogP contribution in [0, 0.1) is 6.92 Å². The zero-order chi connectivity index (χ0) is 20.8. The Hall–Kier alpha value is -3.49. The minimum atomic E-state index is -4.63. The molecule has 29 heavy (non-hydrogen) atoms. The Kier molecular flexibility index (Phi) is 4.45. The van der Waals surface area contributed by atoms with Crippen molar-refractivity contribution in [3.05, 3.63) is 54.0 Å². The number of furan rings is 1. The number of aryl methyl sites for hydroxylation is 1. The number of aromatic nitrogens is 3. The van der Waals surface area contributed by atoms with Crippen LogP contribution in [0.2, 0.25) is 0 Å². The van der Waals surface area contributed by atoms with Crippen LogP contribution < -0.4 is 9.47 Å². The van der Waals surface area contributed by atoms with Gasteiger partial charge in [-0.3, -0.25) is 0 Å². The van der Waals surface area contributed by atoms with Gasteiger partial charge in [-0.25, -0.2) is 9.50 Å². The van der Waals surface area contributed by atoms with E-state index in [1.807, 2.05) is 0 Å². The van der Waals surface area contributed by atoms with Gasteiger partial charge in [-0.05, 0) is 42.8 Å². The molecule has 9 heteroatoms. The molecule has 150 valence electrons. The van der Waals surface area contributed by atoms with E-state index in [1.54, 1.807) is 37.3 Å². The predicted octanol–water partition coefficient (Wildman–Crippen LogP) is 5.00. The van der Waals surface area contributed by atoms with E-state index in [0.717, 1.165) is 10.6 Å². The minimum absolute atomic E-state index is 0.0657. The number of alkyl halides is 3. The smallest absolute Gasteiger partial charge is 0.433 e. The Morgan fingerprint density at radius 3 is 2.41 bits per heavy atom. The molecule has 0 saturated carbocycles. The molecule has 0 aliphatic carbocycles. The molecule has 0 radical (unpaired) electrons. The molecule has 0 saturated heterocycles. The van der Waals surface area contributed by atoms with Crippen LogP contribution in [0.5, 0.6) is 11.5 Å². The fourth-order valence-electron chi connectivity index (χ4n) is 3.21. The zero-order valence-electron chi connectivity index (χ0n) is 15.7. The van der Waals surface area contributed by atoms with Gasteiger partial charge in [0, 0.05) is 5.56 Å². The van der Waals surface area contributed by atoms with E-state index in [4.69, 9.17) is 13.9 Å². The Morgan fingerprint density at radius 1 is 1.03 bits per heavy atom. The summed E-state index contributed by atoms with van der Waals surface area (Å²) in [4.78, 5) is 4.42. The fourth-order valence-corrected chi connectivity index (χ4v) is 3.21. The third-order valence-corrected chi connectivity index (χ3v) is 4.50. The third-order valence-electron chi connectivity index (χ3n) is 4.50. The molecule has 0 atom stereocenters. The molecule has 3 heterocycles. The van der Waals surface area contributed by atoms with Crippen molar-refractivity contribution >= 4 is 5.65 Å². The Bertz CT molecular complexity index is 1180. The highest BCUT2D eigenvalue weighted by Gasteiger charge is 2.36. The molecule has 4 aromatic rings. The van der Waals surface area contributed by atoms with Crippen molar-refractivity contribution in [3.63, 3.8) is 0 Å². The van der Waals surface area contributed by atoms with Gasteiger partial charge in [0.2, 0.25) is 0 Å². The molecule has 6 nitrogen and oxygen atoms in total. The second-order valence-electron chi connectivity index (χ2n) is 6.27. The summed E-state index contributed by atoms with van der Waals surface area (Å²) >= 11 is 0. The van der Waals surface area contributed by atoms with Crippen LogP contribution in [0.15, 0.2) is 47.1 Å². The van der Waals surface area contributed by atoms with Crippen molar-refractivity contribution in [1.29, 1.82) is 0 Å². The van der Waals surface area contributed by atoms with Crippen molar-refractivity contribution < 1.29 is 27.1 Å². The van der Waals surface area contributed by atoms with E-state index >= 15 is 0 Å². The van der Waals surface area contributed by atoms with Gasteiger partial charge in [0.05, 0.1) is 26.2 Å². The molecule has 3 aromatic heterocycles. The van der Waals surface area contributed by atoms with E-state index in [1.165, 1.54) is 20.5 Å². The first-order valence-electron chi connectivity index (χ1n) is 8.57. The van der Waals surface area contributed by atoms with Gasteiger partial charge in [-0.2, -0.15) is 18.3 Å². The maximum atomic E-state index is 13.7. The Labute approximate surface area is 163 Å². The molecule has 0 unspecified atom stereocenters. The van der Waals surface area contributed by atoms with E-state index in [-0.39, 0.29) is 17.1 Å². The number of hydrogen-bond acceptors (Lipinski definition) is 5. The average Bonchev–Trinajstić information content (AvgIpc) is 3.33. The summed E-state index contributed by atoms with van der Waals surface area (Å²) in [5, 5.41) is 4.11. The summed E-state index contributed by atoms with van der Waals surface area (Å²) in [6, 6.07) is 9.15. The van der Waals surface area contributed by atoms with Gasteiger partial charge in [0.15, 0.2) is 28.6 Å². The molecule has 0 N–H and O–H groups in total. The van der Waals surface area contributed by atoms with Crippen molar-refractivity contribution in [2.45, 2.75) is 13.1 Å². The predicted molar refractivity (Wildman–Crippen MR) is 99.0 cm³/mol. The average molecular weight is 403 g/mol. The van der Waals surface area contributed by atoms with Gasteiger partial charge in [0.1, 0.15) is 5.69 Å². The van der Waals surface area contributed by atoms with Crippen LogP contribution in [0.25, 0.3) is 28.2 Å². The first-order valence-corrected chi connectivity index (χ1v) is 8.57. The molecular formula is C20H16F3N3O3. The highest BCUT2D eigenvalue weighted by atomic mass is 19.4. The second kappa shape index (κ2) is 6.84. The normalized spacial score (nSPS) is 11.8. The van der Waals surface area contributed by atoms with Crippen LogP contribution >= 0.6 is 0 Å². The summed E-state index contributed by atoms with van der Waals surface area (Å²) < 4.78 is 57.9. The minimum Gasteiger partial charge on any atom is -0.493 e. The second-order valence-corrected chi connectivity index (χ2v) is 6.27. The number of nitrogens with zero attached hydrogens (tertiary/aromatic N) is 3. The molecule has 0 aliphatic heterocycles. The van der Waals surface area contributed by atoms with Crippen molar-refractivity contribution in [2.75, 3.05) is 14.2 Å². The summed E-state index contributed by atoms with van der Waals surface area (Å²) in [6.45, 7) is 1.63. The van der Waals surface area contributed by atoms with E-state index in [2.05, 4.69) is 10.1 Å². The molecule has 4 rings (SSSR count). The van der Waals surface area contributed by atoms with Gasteiger partial charge >= 0.3 is 6.18 Å². The maximum absolute atomic E-state index is 13.7. The SMILES string of the molecule is COc1ccc(-c2c(C)nn3c(C(F)(F)F)cc(-c4ccco4)nc23)cc1OC. The standard InChI is InChI=1S/C20H16F3N3O3/c1-11-18(12-6-7-15(27-2)16(9-12)28-3)19-24-13(14-5-4-8-29-14)10-17(20(21,22)23)26(19)25-11/h4-10H,1-3H3. The molecule has 0 amide bonds. The molecule has 0 fully saturated rings. The molecule has 0 bridgehead atoms. The highest BCUT2D eigenvalue weighted by molar-refractivity contribution is 5.82. The number of rotatable bonds is 4. The summed E-state index contributed by atoms with van der Waals surface area (Å²) in [7, 11) is 2.99. The largest absolute Gasteiger partial charge is 0.493 e. The summed E-state index contributed by atoms with van der Waals surface area (Å²) in [5.74, 6) is 1.18. The van der Waals surface area contributed by atoms with Gasteiger partial charge in [0.25, 0.3) is 0 Å². The lowest BCUT2D eigenvalue weighted by molar-refractivity contribution is -0.142. The lowest BCUT2D eigenvalue weighted by Crippen LogP contribution is -2.13. The van der Waals surface area contributed by atoms with Crippen molar-refractivity contribution in [3.8, 4) is 34.1 Å². The molecular weight excluding hydrogens is 387 g/mol. The first-order chi connectivity index (χ1) is 13.8. The van der Waals surface area contributed by atoms with Gasteiger partial charge in [-0.1, -0.05) is 6.07 Å². The zero-order valence-corrected chi connectivity index (χ0v) is 15.7. The van der Waals surface area contributed by atoms with Crippen LogP contribution in [0.4, 0.5) is 13.2 Å². The molecule has 1 aromatic carbocycles. The van der Waals surface area contributed by atoms with Gasteiger partial charge < -0.3 is 13.9 Å². The fraction of sp³-hybridized carbons (Fsp3) is 0.200. The monoisotopic (exact) mass is 403 g/mol. The first kappa shape index (κ1) is 18.9. The lowest BCUT2D eigenvalue weighted by Gasteiger charge is -2.11. The van der Waals surface area contributed by atoms with Gasteiger partial charge in [-0.15, -0.1) is 0 Å².